The summed E-state index contributed by atoms with van der Waals surface area (Å²) < 4.78 is 1.95. The first-order valence-corrected chi connectivity index (χ1v) is 6.98. The van der Waals surface area contributed by atoms with Crippen LogP contribution in [0.25, 0.3) is 0 Å². The highest BCUT2D eigenvalue weighted by Crippen LogP contribution is 2.18. The van der Waals surface area contributed by atoms with Crippen LogP contribution >= 0.6 is 0 Å². The summed E-state index contributed by atoms with van der Waals surface area (Å²) in [4.78, 5) is 2.44. The quantitative estimate of drug-likeness (QED) is 0.883. The maximum Gasteiger partial charge on any atom is 0.0540 e. The second-order valence-electron chi connectivity index (χ2n) is 5.71. The molecule has 1 aliphatic heterocycles. The lowest BCUT2D eigenvalue weighted by atomic mass is 9.98. The summed E-state index contributed by atoms with van der Waals surface area (Å²) in [5.74, 6) is 0.795. The van der Waals surface area contributed by atoms with Crippen LogP contribution in [0.3, 0.4) is 0 Å². The van der Waals surface area contributed by atoms with Crippen LogP contribution in [-0.4, -0.2) is 41.4 Å². The smallest absolute Gasteiger partial charge is 0.0540 e. The zero-order valence-electron chi connectivity index (χ0n) is 12.1. The molecule has 0 aromatic carbocycles. The highest BCUT2D eigenvalue weighted by Gasteiger charge is 2.18. The Balaban J connectivity index is 1.84. The standard InChI is InChI=1S/C14H26N4/c1-11(14-9-16-18(4)12(14)2)15-8-13-6-5-7-17(3)10-13/h9,11,13,15H,5-8,10H2,1-4H3. The minimum Gasteiger partial charge on any atom is -0.310 e. The Labute approximate surface area is 110 Å². The van der Waals surface area contributed by atoms with Crippen molar-refractivity contribution >= 4 is 0 Å². The van der Waals surface area contributed by atoms with Gasteiger partial charge in [-0.1, -0.05) is 0 Å². The van der Waals surface area contributed by atoms with Crippen LogP contribution in [0.4, 0.5) is 0 Å². The van der Waals surface area contributed by atoms with Gasteiger partial charge in [0.1, 0.15) is 0 Å². The maximum absolute atomic E-state index is 4.31. The first-order chi connectivity index (χ1) is 8.58. The molecule has 2 rings (SSSR count). The number of aryl methyl sites for hydroxylation is 1. The third kappa shape index (κ3) is 3.12. The molecule has 0 aliphatic carbocycles. The molecule has 2 heterocycles. The fourth-order valence-electron chi connectivity index (χ4n) is 2.83. The lowest BCUT2D eigenvalue weighted by Gasteiger charge is -2.30. The van der Waals surface area contributed by atoms with Gasteiger partial charge in [0.05, 0.1) is 6.20 Å². The molecule has 0 spiro atoms. The normalized spacial score (nSPS) is 23.2. The van der Waals surface area contributed by atoms with Crippen molar-refractivity contribution < 1.29 is 0 Å². The van der Waals surface area contributed by atoms with Gasteiger partial charge in [0, 0.05) is 30.9 Å². The molecule has 1 N–H and O–H groups in total. The summed E-state index contributed by atoms with van der Waals surface area (Å²) in [6.07, 6.45) is 4.68. The first kappa shape index (κ1) is 13.6. The van der Waals surface area contributed by atoms with Crippen LogP contribution in [0.1, 0.15) is 37.1 Å². The number of rotatable bonds is 4. The summed E-state index contributed by atoms with van der Waals surface area (Å²) in [6.45, 7) is 7.96. The molecular formula is C14H26N4. The average molecular weight is 250 g/mol. The zero-order valence-corrected chi connectivity index (χ0v) is 12.1. The first-order valence-electron chi connectivity index (χ1n) is 6.98. The Hall–Kier alpha value is -0.870. The molecule has 0 radical (unpaired) electrons. The van der Waals surface area contributed by atoms with Crippen LogP contribution in [-0.2, 0) is 7.05 Å². The van der Waals surface area contributed by atoms with Crippen molar-refractivity contribution in [1.82, 2.24) is 20.0 Å². The Morgan fingerprint density at radius 2 is 2.28 bits per heavy atom. The van der Waals surface area contributed by atoms with Crippen LogP contribution in [0.2, 0.25) is 0 Å². The van der Waals surface area contributed by atoms with Crippen molar-refractivity contribution in [3.63, 3.8) is 0 Å². The molecule has 1 aromatic heterocycles. The van der Waals surface area contributed by atoms with Crippen molar-refractivity contribution in [2.45, 2.75) is 32.7 Å². The molecule has 4 nitrogen and oxygen atoms in total. The molecule has 1 fully saturated rings. The van der Waals surface area contributed by atoms with Gasteiger partial charge in [-0.15, -0.1) is 0 Å². The summed E-state index contributed by atoms with van der Waals surface area (Å²) >= 11 is 0. The number of hydrogen-bond donors (Lipinski definition) is 1. The molecule has 0 saturated carbocycles. The van der Waals surface area contributed by atoms with E-state index in [1.807, 2.05) is 17.9 Å². The predicted octanol–water partition coefficient (Wildman–Crippen LogP) is 1.72. The van der Waals surface area contributed by atoms with Gasteiger partial charge < -0.3 is 10.2 Å². The fraction of sp³-hybridized carbons (Fsp3) is 0.786. The molecule has 2 unspecified atom stereocenters. The van der Waals surface area contributed by atoms with Gasteiger partial charge in [-0.05, 0) is 52.7 Å². The average Bonchev–Trinajstić information content (AvgIpc) is 2.67. The van der Waals surface area contributed by atoms with Gasteiger partial charge in [0.25, 0.3) is 0 Å². The van der Waals surface area contributed by atoms with Gasteiger partial charge in [0.2, 0.25) is 0 Å². The van der Waals surface area contributed by atoms with E-state index in [4.69, 9.17) is 0 Å². The topological polar surface area (TPSA) is 33.1 Å². The molecule has 1 saturated heterocycles. The summed E-state index contributed by atoms with van der Waals surface area (Å²) in [6, 6.07) is 0.394. The van der Waals surface area contributed by atoms with Crippen molar-refractivity contribution in [2.24, 2.45) is 13.0 Å². The van der Waals surface area contributed by atoms with Gasteiger partial charge in [-0.2, -0.15) is 5.10 Å². The number of nitrogens with zero attached hydrogens (tertiary/aromatic N) is 3. The van der Waals surface area contributed by atoms with Crippen LogP contribution in [0.15, 0.2) is 6.20 Å². The van der Waals surface area contributed by atoms with E-state index in [0.29, 0.717) is 6.04 Å². The summed E-state index contributed by atoms with van der Waals surface area (Å²) in [5.41, 5.74) is 2.58. The Bertz CT molecular complexity index is 385. The molecule has 4 heteroatoms. The molecule has 2 atom stereocenters. The van der Waals surface area contributed by atoms with E-state index < -0.39 is 0 Å². The largest absolute Gasteiger partial charge is 0.310 e. The second kappa shape index (κ2) is 5.85. The van der Waals surface area contributed by atoms with E-state index in [1.54, 1.807) is 0 Å². The summed E-state index contributed by atoms with van der Waals surface area (Å²) in [7, 11) is 4.22. The van der Waals surface area contributed by atoms with Crippen LogP contribution < -0.4 is 5.32 Å². The van der Waals surface area contributed by atoms with E-state index in [9.17, 15) is 0 Å². The van der Waals surface area contributed by atoms with Crippen molar-refractivity contribution in [3.05, 3.63) is 17.5 Å². The lowest BCUT2D eigenvalue weighted by molar-refractivity contribution is 0.203. The monoisotopic (exact) mass is 250 g/mol. The maximum atomic E-state index is 4.31. The molecule has 102 valence electrons. The Morgan fingerprint density at radius 1 is 1.50 bits per heavy atom. The highest BCUT2D eigenvalue weighted by atomic mass is 15.3. The third-order valence-corrected chi connectivity index (χ3v) is 4.17. The van der Waals surface area contributed by atoms with E-state index in [1.165, 1.54) is 37.2 Å². The Morgan fingerprint density at radius 3 is 2.89 bits per heavy atom. The molecule has 1 aliphatic rings. The third-order valence-electron chi connectivity index (χ3n) is 4.17. The number of nitrogens with one attached hydrogen (secondary N) is 1. The van der Waals surface area contributed by atoms with Gasteiger partial charge in [-0.25, -0.2) is 0 Å². The molecular weight excluding hydrogens is 224 g/mol. The Kier molecular flexibility index (Phi) is 4.40. The van der Waals surface area contributed by atoms with Gasteiger partial charge in [0.15, 0.2) is 0 Å². The fourth-order valence-corrected chi connectivity index (χ4v) is 2.83. The summed E-state index contributed by atoms with van der Waals surface area (Å²) in [5, 5.41) is 7.98. The number of likely N-dealkylation sites (tertiary alicyclic amines) is 1. The molecule has 0 bridgehead atoms. The van der Waals surface area contributed by atoms with Crippen molar-refractivity contribution in [1.29, 1.82) is 0 Å². The van der Waals surface area contributed by atoms with Crippen LogP contribution in [0, 0.1) is 12.8 Å². The highest BCUT2D eigenvalue weighted by molar-refractivity contribution is 5.19. The number of aromatic nitrogens is 2. The molecule has 1 aromatic rings. The lowest BCUT2D eigenvalue weighted by Crippen LogP contribution is -2.38. The van der Waals surface area contributed by atoms with Crippen molar-refractivity contribution in [3.8, 4) is 0 Å². The number of hydrogen-bond acceptors (Lipinski definition) is 3. The predicted molar refractivity (Wildman–Crippen MR) is 74.6 cm³/mol. The zero-order chi connectivity index (χ0) is 13.1. The van der Waals surface area contributed by atoms with Crippen LogP contribution in [0.5, 0.6) is 0 Å². The SMILES string of the molecule is Cc1c(C(C)NCC2CCCN(C)C2)cnn1C. The molecule has 18 heavy (non-hydrogen) atoms. The van der Waals surface area contributed by atoms with E-state index in [-0.39, 0.29) is 0 Å². The van der Waals surface area contributed by atoms with Gasteiger partial charge >= 0.3 is 0 Å². The minimum absolute atomic E-state index is 0.394. The minimum atomic E-state index is 0.394. The van der Waals surface area contributed by atoms with Gasteiger partial charge in [-0.3, -0.25) is 4.68 Å². The van der Waals surface area contributed by atoms with E-state index in [2.05, 4.69) is 36.2 Å². The number of piperidine rings is 1. The van der Waals surface area contributed by atoms with E-state index in [0.717, 1.165) is 12.5 Å². The second-order valence-corrected chi connectivity index (χ2v) is 5.71. The van der Waals surface area contributed by atoms with Crippen molar-refractivity contribution in [2.75, 3.05) is 26.7 Å². The molecule has 0 amide bonds. The van der Waals surface area contributed by atoms with E-state index >= 15 is 0 Å².